The molecule has 18 heavy (non-hydrogen) atoms. The lowest BCUT2D eigenvalue weighted by Gasteiger charge is -2.34. The number of amides is 1. The highest BCUT2D eigenvalue weighted by Gasteiger charge is 2.21. The van der Waals surface area contributed by atoms with Crippen molar-refractivity contribution in [3.05, 3.63) is 0 Å². The van der Waals surface area contributed by atoms with E-state index in [1.165, 1.54) is 7.11 Å². The number of hydrogen-bond donors (Lipinski definition) is 1. The Hall–Kier alpha value is -2.12. The number of anilines is 2. The first-order valence-corrected chi connectivity index (χ1v) is 5.66. The summed E-state index contributed by atoms with van der Waals surface area (Å²) in [6.45, 7) is 4.23. The van der Waals surface area contributed by atoms with Crippen molar-refractivity contribution < 1.29 is 9.53 Å². The highest BCUT2D eigenvalue weighted by atomic mass is 16.5. The van der Waals surface area contributed by atoms with Gasteiger partial charge in [-0.15, -0.1) is 0 Å². The van der Waals surface area contributed by atoms with E-state index in [0.29, 0.717) is 32.1 Å². The SMILES string of the molecule is COc1nc(N)nc(N2CCN(C(C)=O)CC2)n1. The average molecular weight is 252 g/mol. The molecule has 1 amide bonds. The zero-order valence-corrected chi connectivity index (χ0v) is 10.5. The van der Waals surface area contributed by atoms with Gasteiger partial charge in [0.1, 0.15) is 0 Å². The summed E-state index contributed by atoms with van der Waals surface area (Å²) in [6.07, 6.45) is 0. The minimum atomic E-state index is 0.0855. The lowest BCUT2D eigenvalue weighted by atomic mass is 10.3. The predicted molar refractivity (Wildman–Crippen MR) is 65.3 cm³/mol. The predicted octanol–water partition coefficient (Wildman–Crippen LogP) is -0.869. The van der Waals surface area contributed by atoms with Gasteiger partial charge in [-0.05, 0) is 0 Å². The molecule has 8 nitrogen and oxygen atoms in total. The topological polar surface area (TPSA) is 97.5 Å². The first-order chi connectivity index (χ1) is 8.60. The smallest absolute Gasteiger partial charge is 0.322 e. The Morgan fingerprint density at radius 3 is 2.44 bits per heavy atom. The van der Waals surface area contributed by atoms with Crippen molar-refractivity contribution in [2.75, 3.05) is 43.9 Å². The van der Waals surface area contributed by atoms with Crippen LogP contribution in [-0.2, 0) is 4.79 Å². The number of ether oxygens (including phenoxy) is 1. The molecule has 0 radical (unpaired) electrons. The third-order valence-corrected chi connectivity index (χ3v) is 2.81. The second kappa shape index (κ2) is 5.03. The molecule has 2 heterocycles. The van der Waals surface area contributed by atoms with Gasteiger partial charge in [0.05, 0.1) is 7.11 Å². The van der Waals surface area contributed by atoms with Gasteiger partial charge in [0.2, 0.25) is 17.8 Å². The van der Waals surface area contributed by atoms with E-state index in [-0.39, 0.29) is 17.9 Å². The molecule has 98 valence electrons. The largest absolute Gasteiger partial charge is 0.467 e. The number of methoxy groups -OCH3 is 1. The Labute approximate surface area is 105 Å². The lowest BCUT2D eigenvalue weighted by molar-refractivity contribution is -0.129. The second-order valence-corrected chi connectivity index (χ2v) is 3.97. The zero-order chi connectivity index (χ0) is 13.1. The van der Waals surface area contributed by atoms with Crippen molar-refractivity contribution in [1.29, 1.82) is 0 Å². The molecule has 1 aliphatic heterocycles. The highest BCUT2D eigenvalue weighted by Crippen LogP contribution is 2.15. The molecule has 0 saturated carbocycles. The van der Waals surface area contributed by atoms with Crippen LogP contribution in [0.2, 0.25) is 0 Å². The van der Waals surface area contributed by atoms with E-state index in [1.54, 1.807) is 11.8 Å². The molecule has 0 bridgehead atoms. The molecule has 1 aliphatic rings. The number of carbonyl (C=O) groups excluding carboxylic acids is 1. The second-order valence-electron chi connectivity index (χ2n) is 3.97. The number of rotatable bonds is 2. The number of piperazine rings is 1. The van der Waals surface area contributed by atoms with Crippen molar-refractivity contribution in [2.45, 2.75) is 6.92 Å². The van der Waals surface area contributed by atoms with Crippen LogP contribution in [0.4, 0.5) is 11.9 Å². The number of carbonyl (C=O) groups is 1. The summed E-state index contributed by atoms with van der Waals surface area (Å²) in [5.41, 5.74) is 5.58. The summed E-state index contributed by atoms with van der Waals surface area (Å²) >= 11 is 0. The fourth-order valence-electron chi connectivity index (χ4n) is 1.82. The van der Waals surface area contributed by atoms with E-state index in [0.717, 1.165) is 0 Å². The maximum atomic E-state index is 11.2. The van der Waals surface area contributed by atoms with Crippen LogP contribution >= 0.6 is 0 Å². The Balaban J connectivity index is 2.09. The van der Waals surface area contributed by atoms with Crippen LogP contribution in [0, 0.1) is 0 Å². The monoisotopic (exact) mass is 252 g/mol. The third-order valence-electron chi connectivity index (χ3n) is 2.81. The Bertz CT molecular complexity index is 444. The summed E-state index contributed by atoms with van der Waals surface area (Å²) in [6, 6.07) is 0.200. The van der Waals surface area contributed by atoms with Gasteiger partial charge in [-0.1, -0.05) is 0 Å². The standard InChI is InChI=1S/C10H16N6O2/c1-7(17)15-3-5-16(6-4-15)9-12-8(11)13-10(14-9)18-2/h3-6H2,1-2H3,(H2,11,12,13,14). The van der Waals surface area contributed by atoms with E-state index in [4.69, 9.17) is 10.5 Å². The highest BCUT2D eigenvalue weighted by molar-refractivity contribution is 5.73. The molecule has 1 fully saturated rings. The van der Waals surface area contributed by atoms with Crippen LogP contribution in [0.15, 0.2) is 0 Å². The van der Waals surface area contributed by atoms with Gasteiger partial charge in [-0.2, -0.15) is 15.0 Å². The Morgan fingerprint density at radius 2 is 1.89 bits per heavy atom. The molecule has 2 N–H and O–H groups in total. The van der Waals surface area contributed by atoms with Crippen molar-refractivity contribution >= 4 is 17.8 Å². The van der Waals surface area contributed by atoms with Crippen molar-refractivity contribution in [1.82, 2.24) is 19.9 Å². The molecule has 1 saturated heterocycles. The van der Waals surface area contributed by atoms with E-state index in [2.05, 4.69) is 15.0 Å². The number of nitrogens with zero attached hydrogens (tertiary/aromatic N) is 5. The van der Waals surface area contributed by atoms with Crippen LogP contribution in [0.5, 0.6) is 6.01 Å². The normalized spacial score (nSPS) is 15.7. The number of nitrogens with two attached hydrogens (primary N) is 1. The molecule has 0 aliphatic carbocycles. The summed E-state index contributed by atoms with van der Waals surface area (Å²) < 4.78 is 4.95. The van der Waals surface area contributed by atoms with Crippen LogP contribution in [-0.4, -0.2) is 59.0 Å². The minimum absolute atomic E-state index is 0.0855. The molecule has 0 spiro atoms. The minimum Gasteiger partial charge on any atom is -0.467 e. The van der Waals surface area contributed by atoms with E-state index < -0.39 is 0 Å². The number of hydrogen-bond acceptors (Lipinski definition) is 7. The lowest BCUT2D eigenvalue weighted by Crippen LogP contribution is -2.48. The summed E-state index contributed by atoms with van der Waals surface area (Å²) in [5.74, 6) is 0.704. The van der Waals surface area contributed by atoms with Gasteiger partial charge in [0.25, 0.3) is 0 Å². The van der Waals surface area contributed by atoms with E-state index in [1.807, 2.05) is 4.90 Å². The number of nitrogen functional groups attached to an aromatic ring is 1. The van der Waals surface area contributed by atoms with Gasteiger partial charge >= 0.3 is 6.01 Å². The van der Waals surface area contributed by atoms with Crippen LogP contribution in [0.3, 0.4) is 0 Å². The Kier molecular flexibility index (Phi) is 3.45. The van der Waals surface area contributed by atoms with Crippen molar-refractivity contribution in [3.63, 3.8) is 0 Å². The molecule has 8 heteroatoms. The maximum absolute atomic E-state index is 11.2. The average Bonchev–Trinajstić information content (AvgIpc) is 2.38. The van der Waals surface area contributed by atoms with Crippen LogP contribution < -0.4 is 15.4 Å². The quantitative estimate of drug-likeness (QED) is 0.730. The van der Waals surface area contributed by atoms with Gasteiger partial charge in [0, 0.05) is 33.1 Å². The molecular weight excluding hydrogens is 236 g/mol. The molecule has 0 atom stereocenters. The summed E-state index contributed by atoms with van der Waals surface area (Å²) in [4.78, 5) is 27.0. The van der Waals surface area contributed by atoms with Gasteiger partial charge < -0.3 is 20.3 Å². The molecule has 0 aromatic carbocycles. The van der Waals surface area contributed by atoms with Crippen molar-refractivity contribution in [3.8, 4) is 6.01 Å². The summed E-state index contributed by atoms with van der Waals surface area (Å²) in [5, 5.41) is 0. The summed E-state index contributed by atoms with van der Waals surface area (Å²) in [7, 11) is 1.48. The van der Waals surface area contributed by atoms with E-state index in [9.17, 15) is 4.79 Å². The molecule has 1 aromatic rings. The molecule has 0 unspecified atom stereocenters. The van der Waals surface area contributed by atoms with Crippen LogP contribution in [0.1, 0.15) is 6.92 Å². The van der Waals surface area contributed by atoms with Gasteiger partial charge in [-0.25, -0.2) is 0 Å². The molecular formula is C10H16N6O2. The Morgan fingerprint density at radius 1 is 1.22 bits per heavy atom. The fourth-order valence-corrected chi connectivity index (χ4v) is 1.82. The van der Waals surface area contributed by atoms with Gasteiger partial charge in [0.15, 0.2) is 0 Å². The first-order valence-electron chi connectivity index (χ1n) is 5.66. The maximum Gasteiger partial charge on any atom is 0.322 e. The van der Waals surface area contributed by atoms with Gasteiger partial charge in [-0.3, -0.25) is 4.79 Å². The first kappa shape index (κ1) is 12.3. The number of aromatic nitrogens is 3. The molecule has 2 rings (SSSR count). The van der Waals surface area contributed by atoms with E-state index >= 15 is 0 Å². The molecule has 1 aromatic heterocycles. The van der Waals surface area contributed by atoms with Crippen molar-refractivity contribution in [2.24, 2.45) is 0 Å². The third kappa shape index (κ3) is 2.58. The zero-order valence-electron chi connectivity index (χ0n) is 10.5. The fraction of sp³-hybridized carbons (Fsp3) is 0.600. The van der Waals surface area contributed by atoms with Crippen LogP contribution in [0.25, 0.3) is 0 Å².